The SMILES string of the molecule is CC(C)Nc1nc(-c2ccc(F)c(Cl)c2)ns1. The largest absolute Gasteiger partial charge is 0.358 e. The van der Waals surface area contributed by atoms with E-state index in [0.29, 0.717) is 17.4 Å². The molecule has 0 radical (unpaired) electrons. The molecular weight excluding hydrogens is 261 g/mol. The highest BCUT2D eigenvalue weighted by atomic mass is 35.5. The summed E-state index contributed by atoms with van der Waals surface area (Å²) in [5.74, 6) is 0.117. The highest BCUT2D eigenvalue weighted by Gasteiger charge is 2.09. The second-order valence-corrected chi connectivity index (χ2v) is 5.01. The molecule has 0 fully saturated rings. The Morgan fingerprint density at radius 3 is 2.82 bits per heavy atom. The monoisotopic (exact) mass is 271 g/mol. The van der Waals surface area contributed by atoms with Crippen LogP contribution < -0.4 is 5.32 Å². The number of hydrogen-bond donors (Lipinski definition) is 1. The molecule has 90 valence electrons. The molecule has 0 atom stereocenters. The number of halogens is 2. The molecule has 2 rings (SSSR count). The highest BCUT2D eigenvalue weighted by Crippen LogP contribution is 2.25. The summed E-state index contributed by atoms with van der Waals surface area (Å²) in [6, 6.07) is 4.75. The van der Waals surface area contributed by atoms with Crippen molar-refractivity contribution < 1.29 is 4.39 Å². The van der Waals surface area contributed by atoms with Crippen molar-refractivity contribution in [1.29, 1.82) is 0 Å². The zero-order valence-corrected chi connectivity index (χ0v) is 10.9. The summed E-state index contributed by atoms with van der Waals surface area (Å²) in [6.07, 6.45) is 0. The van der Waals surface area contributed by atoms with Crippen LogP contribution in [0.4, 0.5) is 9.52 Å². The maximum atomic E-state index is 13.0. The molecule has 0 aliphatic rings. The van der Waals surface area contributed by atoms with Gasteiger partial charge in [0.1, 0.15) is 5.82 Å². The number of nitrogens with one attached hydrogen (secondary N) is 1. The number of aromatic nitrogens is 2. The van der Waals surface area contributed by atoms with Gasteiger partial charge in [0.2, 0.25) is 5.13 Å². The van der Waals surface area contributed by atoms with Crippen molar-refractivity contribution in [2.24, 2.45) is 0 Å². The molecule has 17 heavy (non-hydrogen) atoms. The third kappa shape index (κ3) is 2.92. The van der Waals surface area contributed by atoms with Crippen molar-refractivity contribution in [3.8, 4) is 11.4 Å². The lowest BCUT2D eigenvalue weighted by Gasteiger charge is -2.03. The Kier molecular flexibility index (Phi) is 3.59. The third-order valence-corrected chi connectivity index (χ3v) is 2.95. The maximum absolute atomic E-state index is 13.0. The number of hydrogen-bond acceptors (Lipinski definition) is 4. The predicted molar refractivity (Wildman–Crippen MR) is 69.1 cm³/mol. The van der Waals surface area contributed by atoms with Crippen LogP contribution in [0.25, 0.3) is 11.4 Å². The van der Waals surface area contributed by atoms with Gasteiger partial charge in [-0.3, -0.25) is 0 Å². The average Bonchev–Trinajstić information content (AvgIpc) is 2.69. The second-order valence-electron chi connectivity index (χ2n) is 3.85. The average molecular weight is 272 g/mol. The van der Waals surface area contributed by atoms with Gasteiger partial charge in [0.05, 0.1) is 5.02 Å². The van der Waals surface area contributed by atoms with Crippen LogP contribution in [0.2, 0.25) is 5.02 Å². The van der Waals surface area contributed by atoms with Gasteiger partial charge in [-0.25, -0.2) is 4.39 Å². The fourth-order valence-electron chi connectivity index (χ4n) is 1.28. The van der Waals surface area contributed by atoms with Gasteiger partial charge < -0.3 is 5.32 Å². The van der Waals surface area contributed by atoms with Crippen molar-refractivity contribution in [1.82, 2.24) is 9.36 Å². The van der Waals surface area contributed by atoms with E-state index in [2.05, 4.69) is 14.7 Å². The normalized spacial score (nSPS) is 10.9. The van der Waals surface area contributed by atoms with Crippen LogP contribution in [0.1, 0.15) is 13.8 Å². The molecule has 1 aromatic carbocycles. The van der Waals surface area contributed by atoms with E-state index in [-0.39, 0.29) is 5.02 Å². The molecule has 6 heteroatoms. The minimum Gasteiger partial charge on any atom is -0.358 e. The Morgan fingerprint density at radius 2 is 2.18 bits per heavy atom. The summed E-state index contributed by atoms with van der Waals surface area (Å²) in [5.41, 5.74) is 0.712. The summed E-state index contributed by atoms with van der Waals surface area (Å²) in [6.45, 7) is 4.05. The van der Waals surface area contributed by atoms with Gasteiger partial charge >= 0.3 is 0 Å². The van der Waals surface area contributed by atoms with Crippen molar-refractivity contribution in [2.75, 3.05) is 5.32 Å². The van der Waals surface area contributed by atoms with Gasteiger partial charge in [-0.2, -0.15) is 9.36 Å². The lowest BCUT2D eigenvalue weighted by atomic mass is 10.2. The van der Waals surface area contributed by atoms with Gasteiger partial charge in [-0.05, 0) is 32.0 Å². The first-order valence-corrected chi connectivity index (χ1v) is 6.27. The summed E-state index contributed by atoms with van der Waals surface area (Å²) in [5, 5.41) is 3.98. The quantitative estimate of drug-likeness (QED) is 0.922. The highest BCUT2D eigenvalue weighted by molar-refractivity contribution is 7.09. The predicted octanol–water partition coefficient (Wildman–Crippen LogP) is 3.82. The molecule has 0 aliphatic carbocycles. The van der Waals surface area contributed by atoms with Gasteiger partial charge in [-0.15, -0.1) is 0 Å². The van der Waals surface area contributed by atoms with Gasteiger partial charge in [0.15, 0.2) is 5.82 Å². The van der Waals surface area contributed by atoms with Gasteiger partial charge in [-0.1, -0.05) is 11.6 Å². The van der Waals surface area contributed by atoms with Crippen LogP contribution in [-0.2, 0) is 0 Å². The molecule has 0 amide bonds. The first-order chi connectivity index (χ1) is 8.06. The Labute approximate surface area is 108 Å². The van der Waals surface area contributed by atoms with E-state index in [1.165, 1.54) is 23.7 Å². The number of nitrogens with zero attached hydrogens (tertiary/aromatic N) is 2. The van der Waals surface area contributed by atoms with E-state index in [9.17, 15) is 4.39 Å². The molecular formula is C11H11ClFN3S. The van der Waals surface area contributed by atoms with E-state index < -0.39 is 5.82 Å². The van der Waals surface area contributed by atoms with E-state index in [1.54, 1.807) is 6.07 Å². The summed E-state index contributed by atoms with van der Waals surface area (Å²) in [7, 11) is 0. The zero-order valence-electron chi connectivity index (χ0n) is 9.37. The molecule has 1 N–H and O–H groups in total. The fourth-order valence-corrected chi connectivity index (χ4v) is 2.20. The molecule has 0 bridgehead atoms. The van der Waals surface area contributed by atoms with Crippen molar-refractivity contribution in [3.63, 3.8) is 0 Å². The van der Waals surface area contributed by atoms with Crippen LogP contribution in [0.5, 0.6) is 0 Å². The van der Waals surface area contributed by atoms with E-state index in [4.69, 9.17) is 11.6 Å². The molecule has 0 spiro atoms. The number of benzene rings is 1. The van der Waals surface area contributed by atoms with Crippen LogP contribution in [0, 0.1) is 5.82 Å². The molecule has 0 unspecified atom stereocenters. The van der Waals surface area contributed by atoms with Crippen LogP contribution in [-0.4, -0.2) is 15.4 Å². The van der Waals surface area contributed by atoms with E-state index in [1.807, 2.05) is 13.8 Å². The third-order valence-electron chi connectivity index (χ3n) is 2.02. The molecule has 3 nitrogen and oxygen atoms in total. The molecule has 0 saturated carbocycles. The fraction of sp³-hybridized carbons (Fsp3) is 0.273. The minimum absolute atomic E-state index is 0.0793. The van der Waals surface area contributed by atoms with Gasteiger partial charge in [0.25, 0.3) is 0 Å². The smallest absolute Gasteiger partial charge is 0.203 e. The van der Waals surface area contributed by atoms with Crippen molar-refractivity contribution in [3.05, 3.63) is 29.0 Å². The van der Waals surface area contributed by atoms with Gasteiger partial charge in [0, 0.05) is 23.1 Å². The Bertz CT molecular complexity index is 527. The van der Waals surface area contributed by atoms with Crippen molar-refractivity contribution in [2.45, 2.75) is 19.9 Å². The first-order valence-electron chi connectivity index (χ1n) is 5.12. The molecule has 2 aromatic rings. The van der Waals surface area contributed by atoms with E-state index in [0.717, 1.165) is 5.13 Å². The lowest BCUT2D eigenvalue weighted by Crippen LogP contribution is -2.08. The topological polar surface area (TPSA) is 37.8 Å². The van der Waals surface area contributed by atoms with Crippen LogP contribution in [0.3, 0.4) is 0 Å². The molecule has 1 heterocycles. The zero-order chi connectivity index (χ0) is 12.4. The Morgan fingerprint density at radius 1 is 1.41 bits per heavy atom. The van der Waals surface area contributed by atoms with E-state index >= 15 is 0 Å². The summed E-state index contributed by atoms with van der Waals surface area (Å²) < 4.78 is 17.2. The number of anilines is 1. The lowest BCUT2D eigenvalue weighted by molar-refractivity contribution is 0.628. The second kappa shape index (κ2) is 4.98. The maximum Gasteiger partial charge on any atom is 0.203 e. The first kappa shape index (κ1) is 12.3. The molecule has 0 saturated heterocycles. The van der Waals surface area contributed by atoms with Crippen LogP contribution in [0.15, 0.2) is 18.2 Å². The summed E-state index contributed by atoms with van der Waals surface area (Å²) >= 11 is 6.99. The standard InChI is InChI=1S/C11H11ClFN3S/c1-6(2)14-11-15-10(16-17-11)7-3-4-9(13)8(12)5-7/h3-6H,1-2H3,(H,14,15,16). The summed E-state index contributed by atoms with van der Waals surface area (Å²) in [4.78, 5) is 4.31. The minimum atomic E-state index is -0.439. The number of rotatable bonds is 3. The molecule has 0 aliphatic heterocycles. The Balaban J connectivity index is 2.27. The van der Waals surface area contributed by atoms with Crippen LogP contribution >= 0.6 is 23.1 Å². The Hall–Kier alpha value is -1.20. The molecule has 1 aromatic heterocycles. The van der Waals surface area contributed by atoms with Crippen molar-refractivity contribution >= 4 is 28.3 Å².